The molecule has 164 valence electrons. The van der Waals surface area contributed by atoms with E-state index >= 15 is 0 Å². The standard InChI is InChI=1S/C24H35N3O3/c1-5-30-22(28)24(10-11-29-14-24)16-7-9-18-19(12-16)27-21(26-18)20(25)17-8-6-15(2)13-23(17,3)4/h7,9,12,15,17,20H,5-6,8,10-11,13-14,25H2,1-4H3,(H,26,27). The predicted molar refractivity (Wildman–Crippen MR) is 117 cm³/mol. The lowest BCUT2D eigenvalue weighted by atomic mass is 9.63. The summed E-state index contributed by atoms with van der Waals surface area (Å²) in [7, 11) is 0. The Labute approximate surface area is 178 Å². The monoisotopic (exact) mass is 413 g/mol. The van der Waals surface area contributed by atoms with Crippen LogP contribution in [0.15, 0.2) is 18.2 Å². The molecular formula is C24H35N3O3. The van der Waals surface area contributed by atoms with E-state index in [9.17, 15) is 4.79 Å². The van der Waals surface area contributed by atoms with E-state index in [1.165, 1.54) is 12.8 Å². The van der Waals surface area contributed by atoms with Crippen LogP contribution in [0, 0.1) is 17.3 Å². The number of rotatable bonds is 5. The average Bonchev–Trinajstić information content (AvgIpc) is 3.34. The van der Waals surface area contributed by atoms with E-state index in [0.29, 0.717) is 32.2 Å². The Hall–Kier alpha value is -1.92. The molecule has 6 heteroatoms. The van der Waals surface area contributed by atoms with E-state index in [4.69, 9.17) is 20.2 Å². The van der Waals surface area contributed by atoms with Crippen molar-refractivity contribution < 1.29 is 14.3 Å². The fourth-order valence-corrected chi connectivity index (χ4v) is 5.68. The van der Waals surface area contributed by atoms with Crippen molar-refractivity contribution in [3.05, 3.63) is 29.6 Å². The van der Waals surface area contributed by atoms with Crippen LogP contribution in [0.25, 0.3) is 11.0 Å². The predicted octanol–water partition coefficient (Wildman–Crippen LogP) is 4.25. The number of hydrogen-bond donors (Lipinski definition) is 2. The fraction of sp³-hybridized carbons (Fsp3) is 0.667. The van der Waals surface area contributed by atoms with Gasteiger partial charge < -0.3 is 20.2 Å². The number of benzene rings is 1. The first kappa shape index (κ1) is 21.3. The number of carbonyl (C=O) groups is 1. The number of fused-ring (bicyclic) bond motifs is 1. The van der Waals surface area contributed by atoms with Crippen LogP contribution in [-0.2, 0) is 19.7 Å². The van der Waals surface area contributed by atoms with Crippen molar-refractivity contribution in [2.24, 2.45) is 23.0 Å². The third-order valence-electron chi connectivity index (χ3n) is 7.34. The second-order valence-electron chi connectivity index (χ2n) is 9.97. The fourth-order valence-electron chi connectivity index (χ4n) is 5.68. The molecule has 0 amide bonds. The van der Waals surface area contributed by atoms with Crippen molar-refractivity contribution in [2.75, 3.05) is 19.8 Å². The first-order valence-corrected chi connectivity index (χ1v) is 11.3. The summed E-state index contributed by atoms with van der Waals surface area (Å²) in [5, 5.41) is 0. The molecule has 1 aliphatic heterocycles. The van der Waals surface area contributed by atoms with Gasteiger partial charge in [0.15, 0.2) is 0 Å². The second kappa shape index (κ2) is 7.97. The summed E-state index contributed by atoms with van der Waals surface area (Å²) in [4.78, 5) is 21.1. The highest BCUT2D eigenvalue weighted by molar-refractivity contribution is 5.86. The molecule has 2 fully saturated rings. The van der Waals surface area contributed by atoms with Crippen molar-refractivity contribution in [2.45, 2.75) is 64.8 Å². The van der Waals surface area contributed by atoms with Crippen LogP contribution in [0.4, 0.5) is 0 Å². The first-order valence-electron chi connectivity index (χ1n) is 11.3. The quantitative estimate of drug-likeness (QED) is 0.715. The Kier molecular flexibility index (Phi) is 5.66. The largest absolute Gasteiger partial charge is 0.465 e. The molecule has 0 radical (unpaired) electrons. The lowest BCUT2D eigenvalue weighted by Gasteiger charge is -2.43. The number of esters is 1. The zero-order valence-corrected chi connectivity index (χ0v) is 18.7. The summed E-state index contributed by atoms with van der Waals surface area (Å²) in [5.74, 6) is 1.76. The molecule has 1 aromatic heterocycles. The molecule has 1 saturated carbocycles. The van der Waals surface area contributed by atoms with Crippen LogP contribution in [-0.4, -0.2) is 35.8 Å². The van der Waals surface area contributed by atoms with Gasteiger partial charge in [-0.2, -0.15) is 0 Å². The SMILES string of the molecule is CCOC(=O)C1(c2ccc3[nH]c(C(N)C4CCC(C)CC4(C)C)nc3c2)CCOC1. The number of hydrogen-bond acceptors (Lipinski definition) is 5. The molecule has 0 bridgehead atoms. The zero-order valence-electron chi connectivity index (χ0n) is 18.7. The molecule has 2 aliphatic rings. The zero-order chi connectivity index (χ0) is 21.5. The van der Waals surface area contributed by atoms with E-state index < -0.39 is 5.41 Å². The van der Waals surface area contributed by atoms with Gasteiger partial charge in [-0.05, 0) is 61.1 Å². The maximum Gasteiger partial charge on any atom is 0.319 e. The molecule has 4 atom stereocenters. The number of aromatic nitrogens is 2. The normalized spacial score (nSPS) is 29.8. The number of nitrogens with zero attached hydrogens (tertiary/aromatic N) is 1. The Morgan fingerprint density at radius 3 is 2.87 bits per heavy atom. The van der Waals surface area contributed by atoms with Crippen LogP contribution < -0.4 is 5.73 Å². The van der Waals surface area contributed by atoms with Crippen molar-refractivity contribution in [1.82, 2.24) is 9.97 Å². The summed E-state index contributed by atoms with van der Waals surface area (Å²) in [6.07, 6.45) is 4.16. The summed E-state index contributed by atoms with van der Waals surface area (Å²) in [6.45, 7) is 10.1. The first-order chi connectivity index (χ1) is 14.3. The molecule has 30 heavy (non-hydrogen) atoms. The topological polar surface area (TPSA) is 90.2 Å². The minimum absolute atomic E-state index is 0.128. The number of H-pyrrole nitrogens is 1. The van der Waals surface area contributed by atoms with Gasteiger partial charge in [-0.25, -0.2) is 4.98 Å². The number of imidazole rings is 1. The highest BCUT2D eigenvalue weighted by Gasteiger charge is 2.46. The molecule has 1 aromatic carbocycles. The van der Waals surface area contributed by atoms with Crippen LogP contribution in [0.3, 0.4) is 0 Å². The van der Waals surface area contributed by atoms with Crippen molar-refractivity contribution in [3.63, 3.8) is 0 Å². The van der Waals surface area contributed by atoms with Gasteiger partial charge in [0.2, 0.25) is 0 Å². The third kappa shape index (κ3) is 3.65. The lowest BCUT2D eigenvalue weighted by Crippen LogP contribution is -2.38. The molecule has 2 aromatic rings. The number of nitrogens with two attached hydrogens (primary N) is 1. The smallest absolute Gasteiger partial charge is 0.319 e. The Morgan fingerprint density at radius 1 is 1.40 bits per heavy atom. The van der Waals surface area contributed by atoms with Gasteiger partial charge in [0, 0.05) is 6.61 Å². The van der Waals surface area contributed by atoms with Crippen LogP contribution in [0.5, 0.6) is 0 Å². The summed E-state index contributed by atoms with van der Waals surface area (Å²) in [6, 6.07) is 5.87. The van der Waals surface area contributed by atoms with Gasteiger partial charge >= 0.3 is 5.97 Å². The van der Waals surface area contributed by atoms with Crippen LogP contribution in [0.2, 0.25) is 0 Å². The van der Waals surface area contributed by atoms with Crippen molar-refractivity contribution in [3.8, 4) is 0 Å². The van der Waals surface area contributed by atoms with E-state index in [0.717, 1.165) is 34.8 Å². The van der Waals surface area contributed by atoms with E-state index in [-0.39, 0.29) is 17.4 Å². The third-order valence-corrected chi connectivity index (χ3v) is 7.34. The van der Waals surface area contributed by atoms with Gasteiger partial charge in [-0.15, -0.1) is 0 Å². The molecule has 4 rings (SSSR count). The average molecular weight is 414 g/mol. The van der Waals surface area contributed by atoms with E-state index in [1.54, 1.807) is 0 Å². The highest BCUT2D eigenvalue weighted by atomic mass is 16.5. The molecular weight excluding hydrogens is 378 g/mol. The van der Waals surface area contributed by atoms with E-state index in [1.807, 2.05) is 25.1 Å². The van der Waals surface area contributed by atoms with Gasteiger partial charge in [-0.1, -0.05) is 33.3 Å². The summed E-state index contributed by atoms with van der Waals surface area (Å²) < 4.78 is 11.0. The number of carbonyl (C=O) groups excluding carboxylic acids is 1. The molecule has 2 heterocycles. The maximum absolute atomic E-state index is 12.8. The molecule has 3 N–H and O–H groups in total. The number of aromatic amines is 1. The van der Waals surface area contributed by atoms with Gasteiger partial charge in [0.25, 0.3) is 0 Å². The van der Waals surface area contributed by atoms with Crippen molar-refractivity contribution >= 4 is 17.0 Å². The maximum atomic E-state index is 12.8. The molecule has 1 aliphatic carbocycles. The van der Waals surface area contributed by atoms with Gasteiger partial charge in [-0.3, -0.25) is 4.79 Å². The Morgan fingerprint density at radius 2 is 2.20 bits per heavy atom. The molecule has 6 nitrogen and oxygen atoms in total. The Bertz CT molecular complexity index is 914. The lowest BCUT2D eigenvalue weighted by molar-refractivity contribution is -0.150. The van der Waals surface area contributed by atoms with Crippen LogP contribution in [0.1, 0.15) is 70.8 Å². The second-order valence-corrected chi connectivity index (χ2v) is 9.97. The summed E-state index contributed by atoms with van der Waals surface area (Å²) >= 11 is 0. The van der Waals surface area contributed by atoms with Gasteiger partial charge in [0.05, 0.1) is 30.3 Å². The van der Waals surface area contributed by atoms with Gasteiger partial charge in [0.1, 0.15) is 11.2 Å². The Balaban J connectivity index is 1.65. The number of nitrogens with one attached hydrogen (secondary N) is 1. The minimum Gasteiger partial charge on any atom is -0.465 e. The van der Waals surface area contributed by atoms with Crippen molar-refractivity contribution in [1.29, 1.82) is 0 Å². The summed E-state index contributed by atoms with van der Waals surface area (Å²) in [5.41, 5.74) is 8.89. The van der Waals surface area contributed by atoms with Crippen LogP contribution >= 0.6 is 0 Å². The molecule has 1 saturated heterocycles. The highest BCUT2D eigenvalue weighted by Crippen LogP contribution is 2.47. The molecule has 4 unspecified atom stereocenters. The number of ether oxygens (including phenoxy) is 2. The molecule has 0 spiro atoms. The van der Waals surface area contributed by atoms with E-state index in [2.05, 4.69) is 25.8 Å². The minimum atomic E-state index is -0.743.